The van der Waals surface area contributed by atoms with Crippen LogP contribution in [0.4, 0.5) is 11.4 Å². The Morgan fingerprint density at radius 1 is 1.23 bits per heavy atom. The van der Waals surface area contributed by atoms with E-state index in [1.807, 2.05) is 11.8 Å². The average molecular weight is 305 g/mol. The topological polar surface area (TPSA) is 66.7 Å². The van der Waals surface area contributed by atoms with E-state index in [0.717, 1.165) is 31.6 Å². The first kappa shape index (κ1) is 16.3. The molecule has 1 aliphatic rings. The molecule has 1 fully saturated rings. The first-order chi connectivity index (χ1) is 10.5. The number of nitrogens with zero attached hydrogens (tertiary/aromatic N) is 3. The third-order valence-corrected chi connectivity index (χ3v) is 4.16. The van der Waals surface area contributed by atoms with E-state index < -0.39 is 4.92 Å². The third kappa shape index (κ3) is 3.75. The number of hydrogen-bond acceptors (Lipinski definition) is 4. The summed E-state index contributed by atoms with van der Waals surface area (Å²) < 4.78 is 0. The lowest BCUT2D eigenvalue weighted by Gasteiger charge is -2.37. The Kier molecular flexibility index (Phi) is 5.35. The molecule has 120 valence electrons. The van der Waals surface area contributed by atoms with E-state index >= 15 is 0 Å². The number of carbonyl (C=O) groups excluding carboxylic acids is 1. The molecule has 0 radical (unpaired) electrons. The number of benzene rings is 1. The summed E-state index contributed by atoms with van der Waals surface area (Å²) in [7, 11) is 0. The number of nitro groups is 1. The van der Waals surface area contributed by atoms with Crippen LogP contribution in [0.5, 0.6) is 0 Å². The maximum absolute atomic E-state index is 12.3. The Morgan fingerprint density at radius 3 is 2.32 bits per heavy atom. The van der Waals surface area contributed by atoms with Gasteiger partial charge in [-0.05, 0) is 18.6 Å². The number of piperazine rings is 1. The third-order valence-electron chi connectivity index (χ3n) is 4.16. The van der Waals surface area contributed by atoms with Gasteiger partial charge in [0.25, 0.3) is 5.69 Å². The van der Waals surface area contributed by atoms with Crippen molar-refractivity contribution in [1.82, 2.24) is 4.90 Å². The second-order valence-electron chi connectivity index (χ2n) is 5.78. The standard InChI is InChI=1S/C16H23N3O3/c1-3-4-13(2)16(20)18-11-9-17(10-12-18)14-5-7-15(8-6-14)19(21)22/h5-8,13H,3-4,9-12H2,1-2H3/t13-/m1/s1. The maximum atomic E-state index is 12.3. The molecule has 1 saturated heterocycles. The van der Waals surface area contributed by atoms with Crippen molar-refractivity contribution >= 4 is 17.3 Å². The molecule has 1 aromatic carbocycles. The van der Waals surface area contributed by atoms with E-state index in [1.54, 1.807) is 12.1 Å². The molecule has 1 aromatic rings. The van der Waals surface area contributed by atoms with E-state index in [2.05, 4.69) is 11.8 Å². The zero-order valence-corrected chi connectivity index (χ0v) is 13.2. The molecule has 2 rings (SSSR count). The van der Waals surface area contributed by atoms with Gasteiger partial charge in [-0.15, -0.1) is 0 Å². The van der Waals surface area contributed by atoms with Crippen molar-refractivity contribution in [3.63, 3.8) is 0 Å². The summed E-state index contributed by atoms with van der Waals surface area (Å²) in [4.78, 5) is 26.7. The molecule has 0 saturated carbocycles. The number of nitro benzene ring substituents is 1. The minimum atomic E-state index is -0.393. The molecule has 0 spiro atoms. The smallest absolute Gasteiger partial charge is 0.269 e. The van der Waals surface area contributed by atoms with E-state index in [9.17, 15) is 14.9 Å². The zero-order valence-electron chi connectivity index (χ0n) is 13.2. The van der Waals surface area contributed by atoms with Gasteiger partial charge in [-0.2, -0.15) is 0 Å². The summed E-state index contributed by atoms with van der Waals surface area (Å²) in [5.41, 5.74) is 1.07. The minimum Gasteiger partial charge on any atom is -0.368 e. The van der Waals surface area contributed by atoms with Crippen molar-refractivity contribution in [2.45, 2.75) is 26.7 Å². The molecule has 1 amide bonds. The predicted molar refractivity (Wildman–Crippen MR) is 86.0 cm³/mol. The summed E-state index contributed by atoms with van der Waals surface area (Å²) in [5, 5.41) is 10.7. The van der Waals surface area contributed by atoms with Crippen molar-refractivity contribution in [3.05, 3.63) is 34.4 Å². The van der Waals surface area contributed by atoms with Gasteiger partial charge in [0, 0.05) is 49.9 Å². The minimum absolute atomic E-state index is 0.0934. The Hall–Kier alpha value is -2.11. The van der Waals surface area contributed by atoms with Crippen LogP contribution < -0.4 is 4.90 Å². The van der Waals surface area contributed by atoms with Crippen LogP contribution in [0.3, 0.4) is 0 Å². The summed E-state index contributed by atoms with van der Waals surface area (Å²) in [6, 6.07) is 6.59. The molecule has 6 nitrogen and oxygen atoms in total. The van der Waals surface area contributed by atoms with Gasteiger partial charge < -0.3 is 9.80 Å². The van der Waals surface area contributed by atoms with Crippen LogP contribution in [0, 0.1) is 16.0 Å². The number of carbonyl (C=O) groups is 1. The Balaban J connectivity index is 1.91. The predicted octanol–water partition coefficient (Wildman–Crippen LogP) is 2.68. The Bertz CT molecular complexity index is 522. The summed E-state index contributed by atoms with van der Waals surface area (Å²) in [5.74, 6) is 0.334. The highest BCUT2D eigenvalue weighted by molar-refractivity contribution is 5.78. The van der Waals surface area contributed by atoms with E-state index in [4.69, 9.17) is 0 Å². The zero-order chi connectivity index (χ0) is 16.1. The SMILES string of the molecule is CCC[C@@H](C)C(=O)N1CCN(c2ccc([N+](=O)[O-])cc2)CC1. The quantitative estimate of drug-likeness (QED) is 0.619. The highest BCUT2D eigenvalue weighted by Crippen LogP contribution is 2.21. The van der Waals surface area contributed by atoms with Gasteiger partial charge >= 0.3 is 0 Å². The van der Waals surface area contributed by atoms with Gasteiger partial charge in [0.05, 0.1) is 4.92 Å². The van der Waals surface area contributed by atoms with Crippen LogP contribution in [0.15, 0.2) is 24.3 Å². The number of hydrogen-bond donors (Lipinski definition) is 0. The molecule has 0 aromatic heterocycles. The second kappa shape index (κ2) is 7.24. The molecule has 0 unspecified atom stereocenters. The summed E-state index contributed by atoms with van der Waals surface area (Å²) in [6.07, 6.45) is 1.96. The lowest BCUT2D eigenvalue weighted by molar-refractivity contribution is -0.384. The van der Waals surface area contributed by atoms with Gasteiger partial charge in [0.2, 0.25) is 5.91 Å². The number of amides is 1. The molecule has 1 heterocycles. The molecule has 0 bridgehead atoms. The van der Waals surface area contributed by atoms with Gasteiger partial charge in [-0.3, -0.25) is 14.9 Å². The molecule has 0 N–H and O–H groups in total. The van der Waals surface area contributed by atoms with E-state index in [-0.39, 0.29) is 17.5 Å². The lowest BCUT2D eigenvalue weighted by Crippen LogP contribution is -2.50. The van der Waals surface area contributed by atoms with Crippen LogP contribution >= 0.6 is 0 Å². The van der Waals surface area contributed by atoms with Crippen LogP contribution in [0.25, 0.3) is 0 Å². The highest BCUT2D eigenvalue weighted by Gasteiger charge is 2.24. The molecule has 0 aliphatic carbocycles. The molecule has 6 heteroatoms. The van der Waals surface area contributed by atoms with Crippen LogP contribution in [0.1, 0.15) is 26.7 Å². The maximum Gasteiger partial charge on any atom is 0.269 e. The number of rotatable bonds is 5. The Morgan fingerprint density at radius 2 is 1.82 bits per heavy atom. The van der Waals surface area contributed by atoms with Gasteiger partial charge in [-0.25, -0.2) is 0 Å². The average Bonchev–Trinajstić information content (AvgIpc) is 2.54. The molecular weight excluding hydrogens is 282 g/mol. The fourth-order valence-electron chi connectivity index (χ4n) is 2.84. The van der Waals surface area contributed by atoms with E-state index in [0.29, 0.717) is 13.1 Å². The molecular formula is C16H23N3O3. The van der Waals surface area contributed by atoms with Gasteiger partial charge in [0.15, 0.2) is 0 Å². The molecule has 22 heavy (non-hydrogen) atoms. The van der Waals surface area contributed by atoms with Crippen molar-refractivity contribution in [2.24, 2.45) is 5.92 Å². The van der Waals surface area contributed by atoms with Crippen molar-refractivity contribution in [1.29, 1.82) is 0 Å². The summed E-state index contributed by atoms with van der Waals surface area (Å²) in [6.45, 7) is 7.05. The largest absolute Gasteiger partial charge is 0.368 e. The lowest BCUT2D eigenvalue weighted by atomic mass is 10.0. The highest BCUT2D eigenvalue weighted by atomic mass is 16.6. The number of non-ortho nitro benzene ring substituents is 1. The summed E-state index contributed by atoms with van der Waals surface area (Å²) >= 11 is 0. The number of anilines is 1. The van der Waals surface area contributed by atoms with Crippen LogP contribution in [-0.4, -0.2) is 41.9 Å². The van der Waals surface area contributed by atoms with Crippen LogP contribution in [0.2, 0.25) is 0 Å². The first-order valence-corrected chi connectivity index (χ1v) is 7.81. The van der Waals surface area contributed by atoms with Gasteiger partial charge in [-0.1, -0.05) is 20.3 Å². The second-order valence-corrected chi connectivity index (χ2v) is 5.78. The first-order valence-electron chi connectivity index (χ1n) is 7.81. The molecule has 1 aliphatic heterocycles. The monoisotopic (exact) mass is 305 g/mol. The van der Waals surface area contributed by atoms with Crippen LogP contribution in [-0.2, 0) is 4.79 Å². The van der Waals surface area contributed by atoms with Gasteiger partial charge in [0.1, 0.15) is 0 Å². The fraction of sp³-hybridized carbons (Fsp3) is 0.562. The van der Waals surface area contributed by atoms with E-state index in [1.165, 1.54) is 12.1 Å². The van der Waals surface area contributed by atoms with Crippen molar-refractivity contribution in [2.75, 3.05) is 31.1 Å². The normalized spacial score (nSPS) is 16.5. The molecule has 1 atom stereocenters. The van der Waals surface area contributed by atoms with Crippen molar-refractivity contribution < 1.29 is 9.72 Å². The van der Waals surface area contributed by atoms with Crippen molar-refractivity contribution in [3.8, 4) is 0 Å². The Labute approximate surface area is 130 Å². The fourth-order valence-corrected chi connectivity index (χ4v) is 2.84.